The van der Waals surface area contributed by atoms with E-state index in [-0.39, 0.29) is 37.1 Å². The highest BCUT2D eigenvalue weighted by Gasteiger charge is 2.36. The lowest BCUT2D eigenvalue weighted by Gasteiger charge is -2.43. The average molecular weight is 394 g/mol. The first-order valence-corrected chi connectivity index (χ1v) is 9.99. The number of aromatic amines is 1. The van der Waals surface area contributed by atoms with E-state index in [0.717, 1.165) is 38.9 Å². The van der Waals surface area contributed by atoms with E-state index in [1.807, 2.05) is 0 Å². The Morgan fingerprint density at radius 1 is 1.22 bits per heavy atom. The van der Waals surface area contributed by atoms with Crippen molar-refractivity contribution in [3.05, 3.63) is 35.5 Å². The van der Waals surface area contributed by atoms with Gasteiger partial charge >= 0.3 is 0 Å². The van der Waals surface area contributed by atoms with Crippen molar-refractivity contribution in [3.8, 4) is 0 Å². The zero-order valence-electron chi connectivity index (χ0n) is 16.0. The van der Waals surface area contributed by atoms with Crippen LogP contribution in [0.5, 0.6) is 0 Å². The van der Waals surface area contributed by atoms with Crippen molar-refractivity contribution >= 4 is 23.3 Å². The monoisotopic (exact) mass is 393 g/mol. The molecule has 3 unspecified atom stereocenters. The lowest BCUT2D eigenvalue weighted by atomic mass is 9.83. The summed E-state index contributed by atoms with van der Waals surface area (Å²) in [7, 11) is 0. The number of fused-ring (bicyclic) bond motifs is 1. The third-order valence-electron chi connectivity index (χ3n) is 6.55. The van der Waals surface area contributed by atoms with Gasteiger partial charge in [-0.1, -0.05) is 18.2 Å². The number of hydrogen-bond acceptors (Lipinski definition) is 4. The number of nitrogens with zero attached hydrogens (tertiary/aromatic N) is 1. The van der Waals surface area contributed by atoms with Crippen LogP contribution in [0.25, 0.3) is 10.9 Å². The zero-order valence-corrected chi connectivity index (χ0v) is 16.8. The molecule has 3 atom stereocenters. The molecule has 2 aliphatic heterocycles. The Kier molecular flexibility index (Phi) is 6.82. The summed E-state index contributed by atoms with van der Waals surface area (Å²) in [4.78, 5) is 5.73. The van der Waals surface area contributed by atoms with Crippen molar-refractivity contribution < 1.29 is 10.2 Å². The van der Waals surface area contributed by atoms with E-state index >= 15 is 0 Å². The summed E-state index contributed by atoms with van der Waals surface area (Å²) in [6, 6.07) is 6.54. The Balaban J connectivity index is 0.00000210. The molecule has 2 saturated heterocycles. The first-order chi connectivity index (χ1) is 12.7. The topological polar surface area (TPSA) is 71.5 Å². The smallest absolute Gasteiger partial charge is 0.0736 e. The molecule has 5 nitrogen and oxygen atoms in total. The molecule has 6 heteroatoms. The number of β-amino-alcohol motifs (C(OH)–C–C–N with tert-alkyl or cyclic N) is 1. The summed E-state index contributed by atoms with van der Waals surface area (Å²) in [6.45, 7) is 5.97. The molecule has 0 radical (unpaired) electrons. The second kappa shape index (κ2) is 8.93. The molecule has 2 aromatic rings. The molecule has 0 amide bonds. The molecule has 0 bridgehead atoms. The first kappa shape index (κ1) is 20.6. The number of aliphatic hydroxyl groups excluding tert-OH is 2. The number of likely N-dealkylation sites (tertiary alicyclic amines) is 1. The van der Waals surface area contributed by atoms with Crippen LogP contribution in [0.3, 0.4) is 0 Å². The molecule has 0 aliphatic carbocycles. The Morgan fingerprint density at radius 3 is 2.70 bits per heavy atom. The minimum Gasteiger partial charge on any atom is -0.395 e. The standard InChI is InChI=1S/C21H31N3O2.ClH/c1-14-3-2-4-17-18(11-23-21(14)17)16-7-10-24(12-20(16)26)19(13-25)15-5-8-22-9-6-15;/h2-4,11,15-16,19-20,22-23,25-26H,5-10,12-13H2,1H3;1H. The van der Waals surface area contributed by atoms with Crippen LogP contribution in [0.4, 0.5) is 0 Å². The number of piperidine rings is 2. The predicted octanol–water partition coefficient (Wildman–Crippen LogP) is 2.41. The molecular weight excluding hydrogens is 362 g/mol. The number of aliphatic hydroxyl groups is 2. The van der Waals surface area contributed by atoms with Gasteiger partial charge in [0.15, 0.2) is 0 Å². The number of hydrogen-bond donors (Lipinski definition) is 4. The van der Waals surface area contributed by atoms with Crippen LogP contribution in [-0.2, 0) is 0 Å². The molecule has 150 valence electrons. The van der Waals surface area contributed by atoms with Crippen molar-refractivity contribution in [2.45, 2.75) is 44.2 Å². The van der Waals surface area contributed by atoms with Gasteiger partial charge in [0.2, 0.25) is 0 Å². The Labute approximate surface area is 167 Å². The SMILES string of the molecule is Cc1cccc2c(C3CCN(C(CO)C4CCNCC4)CC3O)c[nH]c12.Cl. The summed E-state index contributed by atoms with van der Waals surface area (Å²) in [5.74, 6) is 0.690. The van der Waals surface area contributed by atoms with E-state index in [2.05, 4.69) is 46.5 Å². The first-order valence-electron chi connectivity index (χ1n) is 9.99. The van der Waals surface area contributed by atoms with Gasteiger partial charge in [0, 0.05) is 35.6 Å². The van der Waals surface area contributed by atoms with Crippen LogP contribution >= 0.6 is 12.4 Å². The van der Waals surface area contributed by atoms with Crippen molar-refractivity contribution in [1.82, 2.24) is 15.2 Å². The third kappa shape index (κ3) is 4.03. The van der Waals surface area contributed by atoms with Crippen LogP contribution in [-0.4, -0.2) is 65.0 Å². The van der Waals surface area contributed by atoms with Gasteiger partial charge in [-0.3, -0.25) is 4.90 Å². The second-order valence-corrected chi connectivity index (χ2v) is 8.04. The van der Waals surface area contributed by atoms with Crippen molar-refractivity contribution in [2.24, 2.45) is 5.92 Å². The van der Waals surface area contributed by atoms with Gasteiger partial charge in [0.05, 0.1) is 12.7 Å². The lowest BCUT2D eigenvalue weighted by Crippen LogP contribution is -2.53. The summed E-state index contributed by atoms with van der Waals surface area (Å²) in [5, 5.41) is 25.6. The van der Waals surface area contributed by atoms with Gasteiger partial charge < -0.3 is 20.5 Å². The number of rotatable bonds is 4. The van der Waals surface area contributed by atoms with Crippen LogP contribution in [0.15, 0.2) is 24.4 Å². The Hall–Kier alpha value is -1.11. The quantitative estimate of drug-likeness (QED) is 0.643. The summed E-state index contributed by atoms with van der Waals surface area (Å²) < 4.78 is 0. The fourth-order valence-electron chi connectivity index (χ4n) is 5.05. The highest BCUT2D eigenvalue weighted by atomic mass is 35.5. The second-order valence-electron chi connectivity index (χ2n) is 8.04. The van der Waals surface area contributed by atoms with Crippen LogP contribution < -0.4 is 5.32 Å². The largest absolute Gasteiger partial charge is 0.395 e. The molecule has 27 heavy (non-hydrogen) atoms. The van der Waals surface area contributed by atoms with Crippen molar-refractivity contribution in [2.75, 3.05) is 32.8 Å². The molecule has 4 rings (SSSR count). The van der Waals surface area contributed by atoms with E-state index in [0.29, 0.717) is 12.5 Å². The van der Waals surface area contributed by atoms with Crippen LogP contribution in [0.1, 0.15) is 36.3 Å². The Bertz CT molecular complexity index is 744. The van der Waals surface area contributed by atoms with Gasteiger partial charge in [-0.15, -0.1) is 12.4 Å². The summed E-state index contributed by atoms with van der Waals surface area (Å²) >= 11 is 0. The number of nitrogens with one attached hydrogen (secondary N) is 2. The molecule has 0 saturated carbocycles. The number of H-pyrrole nitrogens is 1. The average Bonchev–Trinajstić information content (AvgIpc) is 3.09. The zero-order chi connectivity index (χ0) is 18.1. The molecular formula is C21H32ClN3O2. The molecule has 1 aromatic carbocycles. The maximum absolute atomic E-state index is 10.9. The summed E-state index contributed by atoms with van der Waals surface area (Å²) in [5.41, 5.74) is 3.66. The van der Waals surface area contributed by atoms with E-state index in [9.17, 15) is 10.2 Å². The number of aromatic nitrogens is 1. The Morgan fingerprint density at radius 2 is 2.00 bits per heavy atom. The van der Waals surface area contributed by atoms with Crippen LogP contribution in [0, 0.1) is 12.8 Å². The van der Waals surface area contributed by atoms with Gasteiger partial charge in [-0.25, -0.2) is 0 Å². The molecule has 1 aromatic heterocycles. The molecule has 2 fully saturated rings. The number of aryl methyl sites for hydroxylation is 1. The van der Waals surface area contributed by atoms with Gasteiger partial charge in [-0.05, 0) is 62.9 Å². The molecule has 4 N–H and O–H groups in total. The number of benzene rings is 1. The maximum Gasteiger partial charge on any atom is 0.0736 e. The fraction of sp³-hybridized carbons (Fsp3) is 0.619. The van der Waals surface area contributed by atoms with Crippen molar-refractivity contribution in [1.29, 1.82) is 0 Å². The molecule has 2 aliphatic rings. The summed E-state index contributed by atoms with van der Waals surface area (Å²) in [6.07, 6.45) is 4.85. The van der Waals surface area contributed by atoms with E-state index in [4.69, 9.17) is 0 Å². The van der Waals surface area contributed by atoms with E-state index < -0.39 is 0 Å². The highest BCUT2D eigenvalue weighted by molar-refractivity contribution is 5.86. The van der Waals surface area contributed by atoms with Gasteiger partial charge in [-0.2, -0.15) is 0 Å². The maximum atomic E-state index is 10.9. The molecule has 3 heterocycles. The minimum absolute atomic E-state index is 0. The van der Waals surface area contributed by atoms with E-state index in [1.54, 1.807) is 0 Å². The predicted molar refractivity (Wildman–Crippen MR) is 112 cm³/mol. The lowest BCUT2D eigenvalue weighted by molar-refractivity contribution is -0.00771. The van der Waals surface area contributed by atoms with Crippen LogP contribution in [0.2, 0.25) is 0 Å². The minimum atomic E-state index is -0.390. The number of halogens is 1. The number of para-hydroxylation sites is 1. The molecule has 0 spiro atoms. The fourth-order valence-corrected chi connectivity index (χ4v) is 5.05. The van der Waals surface area contributed by atoms with Crippen molar-refractivity contribution in [3.63, 3.8) is 0 Å². The highest BCUT2D eigenvalue weighted by Crippen LogP contribution is 2.35. The van der Waals surface area contributed by atoms with E-state index in [1.165, 1.54) is 22.0 Å². The normalized spacial score (nSPS) is 26.0. The van der Waals surface area contributed by atoms with Gasteiger partial charge in [0.1, 0.15) is 0 Å². The van der Waals surface area contributed by atoms with Gasteiger partial charge in [0.25, 0.3) is 0 Å². The third-order valence-corrected chi connectivity index (χ3v) is 6.55.